The zero-order valence-electron chi connectivity index (χ0n) is 11.2. The van der Waals surface area contributed by atoms with Gasteiger partial charge in [0.1, 0.15) is 0 Å². The number of carbonyl (C=O) groups is 1. The molecule has 0 saturated heterocycles. The number of methoxy groups -OCH3 is 1. The number of ether oxygens (including phenoxy) is 1. The number of carbonyl (C=O) groups excluding carboxylic acids is 1. The molecule has 1 N–H and O–H groups in total. The molecule has 0 aliphatic carbocycles. The van der Waals surface area contributed by atoms with Gasteiger partial charge in [0, 0.05) is 11.6 Å². The van der Waals surface area contributed by atoms with Gasteiger partial charge in [-0.2, -0.15) is 0 Å². The second-order valence-electron chi connectivity index (χ2n) is 4.36. The molecule has 19 heavy (non-hydrogen) atoms. The molecule has 0 bridgehead atoms. The zero-order chi connectivity index (χ0) is 13.8. The van der Waals surface area contributed by atoms with Crippen LogP contribution in [0.15, 0.2) is 36.5 Å². The van der Waals surface area contributed by atoms with E-state index in [1.54, 1.807) is 25.4 Å². The molecule has 0 unspecified atom stereocenters. The molecular weight excluding hydrogens is 240 g/mol. The highest BCUT2D eigenvalue weighted by molar-refractivity contribution is 6.05. The lowest BCUT2D eigenvalue weighted by Crippen LogP contribution is -2.13. The number of nitrogens with zero attached hydrogens (tertiary/aromatic N) is 1. The van der Waals surface area contributed by atoms with Crippen LogP contribution in [0.3, 0.4) is 0 Å². The standard InChI is InChI=1S/C15H16N2O2/c1-10-4-6-13(11(2)8-10)15(18)17-12-5-7-14(19-3)16-9-12/h4-9H,1-3H3,(H,17,18). The van der Waals surface area contributed by atoms with Gasteiger partial charge in [-0.1, -0.05) is 17.7 Å². The van der Waals surface area contributed by atoms with Gasteiger partial charge in [0.05, 0.1) is 19.0 Å². The second-order valence-corrected chi connectivity index (χ2v) is 4.36. The smallest absolute Gasteiger partial charge is 0.255 e. The van der Waals surface area contributed by atoms with Gasteiger partial charge >= 0.3 is 0 Å². The van der Waals surface area contributed by atoms with Gasteiger partial charge in [0.2, 0.25) is 5.88 Å². The average molecular weight is 256 g/mol. The molecule has 2 rings (SSSR count). The first-order chi connectivity index (χ1) is 9.10. The van der Waals surface area contributed by atoms with Gasteiger partial charge < -0.3 is 10.1 Å². The van der Waals surface area contributed by atoms with E-state index in [0.29, 0.717) is 17.1 Å². The maximum absolute atomic E-state index is 12.1. The first-order valence-corrected chi connectivity index (χ1v) is 5.99. The third kappa shape index (κ3) is 3.10. The van der Waals surface area contributed by atoms with Gasteiger partial charge in [-0.15, -0.1) is 0 Å². The number of amides is 1. The fourth-order valence-electron chi connectivity index (χ4n) is 1.84. The predicted octanol–water partition coefficient (Wildman–Crippen LogP) is 2.96. The maximum Gasteiger partial charge on any atom is 0.255 e. The summed E-state index contributed by atoms with van der Waals surface area (Å²) in [6.07, 6.45) is 1.57. The lowest BCUT2D eigenvalue weighted by molar-refractivity contribution is 0.102. The third-order valence-electron chi connectivity index (χ3n) is 2.83. The Hall–Kier alpha value is -2.36. The molecule has 1 aromatic carbocycles. The van der Waals surface area contributed by atoms with Crippen LogP contribution in [0.1, 0.15) is 21.5 Å². The lowest BCUT2D eigenvalue weighted by Gasteiger charge is -2.08. The van der Waals surface area contributed by atoms with Crippen molar-refractivity contribution in [3.8, 4) is 5.88 Å². The largest absolute Gasteiger partial charge is 0.481 e. The number of pyridine rings is 1. The topological polar surface area (TPSA) is 51.2 Å². The van der Waals surface area contributed by atoms with Crippen molar-refractivity contribution in [2.75, 3.05) is 12.4 Å². The van der Waals surface area contributed by atoms with Crippen molar-refractivity contribution >= 4 is 11.6 Å². The van der Waals surface area contributed by atoms with Crippen molar-refractivity contribution in [3.63, 3.8) is 0 Å². The molecule has 1 aromatic heterocycles. The summed E-state index contributed by atoms with van der Waals surface area (Å²) in [4.78, 5) is 16.2. The van der Waals surface area contributed by atoms with E-state index in [0.717, 1.165) is 11.1 Å². The molecule has 0 radical (unpaired) electrons. The van der Waals surface area contributed by atoms with E-state index in [1.165, 1.54) is 0 Å². The molecule has 4 nitrogen and oxygen atoms in total. The number of hydrogen-bond donors (Lipinski definition) is 1. The summed E-state index contributed by atoms with van der Waals surface area (Å²) in [6.45, 7) is 3.93. The molecule has 0 fully saturated rings. The van der Waals surface area contributed by atoms with Crippen molar-refractivity contribution in [3.05, 3.63) is 53.2 Å². The Kier molecular flexibility index (Phi) is 3.80. The number of rotatable bonds is 3. The average Bonchev–Trinajstić information content (AvgIpc) is 2.39. The summed E-state index contributed by atoms with van der Waals surface area (Å²) in [5.41, 5.74) is 3.41. The van der Waals surface area contributed by atoms with Crippen LogP contribution in [-0.4, -0.2) is 18.0 Å². The number of hydrogen-bond acceptors (Lipinski definition) is 3. The van der Waals surface area contributed by atoms with E-state index < -0.39 is 0 Å². The Balaban J connectivity index is 2.15. The van der Waals surface area contributed by atoms with Gasteiger partial charge in [-0.3, -0.25) is 4.79 Å². The third-order valence-corrected chi connectivity index (χ3v) is 2.83. The minimum Gasteiger partial charge on any atom is -0.481 e. The highest BCUT2D eigenvalue weighted by Crippen LogP contribution is 2.15. The summed E-state index contributed by atoms with van der Waals surface area (Å²) in [7, 11) is 1.55. The van der Waals surface area contributed by atoms with Crippen molar-refractivity contribution in [1.29, 1.82) is 0 Å². The molecule has 0 saturated carbocycles. The minimum atomic E-state index is -0.135. The van der Waals surface area contributed by atoms with Crippen LogP contribution >= 0.6 is 0 Å². The molecule has 0 atom stereocenters. The second kappa shape index (κ2) is 5.52. The molecule has 1 amide bonds. The minimum absolute atomic E-state index is 0.135. The molecule has 1 heterocycles. The van der Waals surface area contributed by atoms with E-state index in [-0.39, 0.29) is 5.91 Å². The molecule has 0 spiro atoms. The van der Waals surface area contributed by atoms with Crippen LogP contribution in [0.5, 0.6) is 5.88 Å². The van der Waals surface area contributed by atoms with Gasteiger partial charge in [0.25, 0.3) is 5.91 Å². The SMILES string of the molecule is COc1ccc(NC(=O)c2ccc(C)cc2C)cn1. The molecular formula is C15H16N2O2. The highest BCUT2D eigenvalue weighted by atomic mass is 16.5. The van der Waals surface area contributed by atoms with E-state index in [2.05, 4.69) is 10.3 Å². The van der Waals surface area contributed by atoms with Crippen molar-refractivity contribution < 1.29 is 9.53 Å². The van der Waals surface area contributed by atoms with Crippen LogP contribution in [0.25, 0.3) is 0 Å². The Labute approximate surface area is 112 Å². The van der Waals surface area contributed by atoms with Crippen LogP contribution < -0.4 is 10.1 Å². The summed E-state index contributed by atoms with van der Waals surface area (Å²) < 4.78 is 4.97. The van der Waals surface area contributed by atoms with Crippen LogP contribution in [-0.2, 0) is 0 Å². The number of anilines is 1. The van der Waals surface area contributed by atoms with Crippen LogP contribution in [0, 0.1) is 13.8 Å². The van der Waals surface area contributed by atoms with E-state index in [9.17, 15) is 4.79 Å². The zero-order valence-corrected chi connectivity index (χ0v) is 11.2. The van der Waals surface area contributed by atoms with Gasteiger partial charge in [-0.05, 0) is 31.5 Å². The monoisotopic (exact) mass is 256 g/mol. The van der Waals surface area contributed by atoms with Crippen molar-refractivity contribution in [1.82, 2.24) is 4.98 Å². The Morgan fingerprint density at radius 3 is 2.58 bits per heavy atom. The molecule has 2 aromatic rings. The lowest BCUT2D eigenvalue weighted by atomic mass is 10.1. The fourth-order valence-corrected chi connectivity index (χ4v) is 1.84. The Morgan fingerprint density at radius 2 is 2.00 bits per heavy atom. The number of nitrogens with one attached hydrogen (secondary N) is 1. The number of aryl methyl sites for hydroxylation is 2. The first-order valence-electron chi connectivity index (χ1n) is 5.99. The van der Waals surface area contributed by atoms with Crippen LogP contribution in [0.4, 0.5) is 5.69 Å². The molecule has 98 valence electrons. The quantitative estimate of drug-likeness (QED) is 0.918. The van der Waals surface area contributed by atoms with Crippen molar-refractivity contribution in [2.24, 2.45) is 0 Å². The van der Waals surface area contributed by atoms with Crippen molar-refractivity contribution in [2.45, 2.75) is 13.8 Å². The maximum atomic E-state index is 12.1. The number of benzene rings is 1. The first kappa shape index (κ1) is 13.1. The predicted molar refractivity (Wildman–Crippen MR) is 74.7 cm³/mol. The fraction of sp³-hybridized carbons (Fsp3) is 0.200. The number of aromatic nitrogens is 1. The molecule has 4 heteroatoms. The normalized spacial score (nSPS) is 10.1. The van der Waals surface area contributed by atoms with Crippen LogP contribution in [0.2, 0.25) is 0 Å². The van der Waals surface area contributed by atoms with E-state index >= 15 is 0 Å². The van der Waals surface area contributed by atoms with Gasteiger partial charge in [-0.25, -0.2) is 4.98 Å². The Bertz CT molecular complexity index is 592. The summed E-state index contributed by atoms with van der Waals surface area (Å²) in [5.74, 6) is 0.383. The highest BCUT2D eigenvalue weighted by Gasteiger charge is 2.09. The van der Waals surface area contributed by atoms with Gasteiger partial charge in [0.15, 0.2) is 0 Å². The Morgan fingerprint density at radius 1 is 1.21 bits per heavy atom. The summed E-state index contributed by atoms with van der Waals surface area (Å²) >= 11 is 0. The van der Waals surface area contributed by atoms with E-state index in [1.807, 2.05) is 32.0 Å². The molecule has 0 aliphatic rings. The van der Waals surface area contributed by atoms with E-state index in [4.69, 9.17) is 4.74 Å². The molecule has 0 aliphatic heterocycles. The summed E-state index contributed by atoms with van der Waals surface area (Å²) in [6, 6.07) is 9.21. The summed E-state index contributed by atoms with van der Waals surface area (Å²) in [5, 5.41) is 2.81.